The lowest BCUT2D eigenvalue weighted by molar-refractivity contribution is -0.138. The van der Waals surface area contributed by atoms with E-state index in [9.17, 15) is 17.6 Å². The van der Waals surface area contributed by atoms with Crippen molar-refractivity contribution in [1.29, 1.82) is 0 Å². The highest BCUT2D eigenvalue weighted by Gasteiger charge is 2.37. The van der Waals surface area contributed by atoms with Gasteiger partial charge in [-0.25, -0.2) is 4.39 Å². The molecule has 1 nitrogen and oxygen atoms in total. The lowest BCUT2D eigenvalue weighted by Gasteiger charge is -2.29. The van der Waals surface area contributed by atoms with Gasteiger partial charge in [0.05, 0.1) is 5.56 Å². The summed E-state index contributed by atoms with van der Waals surface area (Å²) in [5.74, 6) is -0.915. The van der Waals surface area contributed by atoms with Gasteiger partial charge < -0.3 is 5.73 Å². The van der Waals surface area contributed by atoms with E-state index < -0.39 is 29.0 Å². The number of alkyl halides is 3. The standard InChI is InChI=1S/C12H15F4N/c1-11(2,3)10(17)8-5-4-7(13)6-9(8)12(14,15)16/h4-6,10H,17H2,1-3H3/t10-/m1/s1. The van der Waals surface area contributed by atoms with Crippen molar-refractivity contribution in [2.24, 2.45) is 11.1 Å². The minimum atomic E-state index is -4.60. The number of benzene rings is 1. The fourth-order valence-corrected chi connectivity index (χ4v) is 1.51. The molecule has 0 aliphatic carbocycles. The van der Waals surface area contributed by atoms with E-state index in [0.29, 0.717) is 6.07 Å². The maximum Gasteiger partial charge on any atom is 0.416 e. The molecule has 0 fully saturated rings. The van der Waals surface area contributed by atoms with E-state index in [0.717, 1.165) is 12.1 Å². The minimum absolute atomic E-state index is 0.0774. The Morgan fingerprint density at radius 2 is 1.65 bits per heavy atom. The van der Waals surface area contributed by atoms with Crippen LogP contribution in [-0.4, -0.2) is 0 Å². The molecule has 0 aliphatic rings. The normalized spacial score (nSPS) is 14.8. The summed E-state index contributed by atoms with van der Waals surface area (Å²) in [7, 11) is 0. The van der Waals surface area contributed by atoms with Crippen molar-refractivity contribution >= 4 is 0 Å². The van der Waals surface area contributed by atoms with E-state index in [4.69, 9.17) is 5.73 Å². The average Bonchev–Trinajstić information content (AvgIpc) is 2.14. The molecule has 5 heteroatoms. The first-order valence-corrected chi connectivity index (χ1v) is 5.15. The Morgan fingerprint density at radius 1 is 1.12 bits per heavy atom. The predicted octanol–water partition coefficient (Wildman–Crippen LogP) is 3.89. The quantitative estimate of drug-likeness (QED) is 0.751. The van der Waals surface area contributed by atoms with Crippen LogP contribution in [0.1, 0.15) is 37.9 Å². The second kappa shape index (κ2) is 4.29. The highest BCUT2D eigenvalue weighted by atomic mass is 19.4. The van der Waals surface area contributed by atoms with Crippen LogP contribution in [0.25, 0.3) is 0 Å². The Balaban J connectivity index is 3.34. The summed E-state index contributed by atoms with van der Waals surface area (Å²) in [5, 5.41) is 0. The van der Waals surface area contributed by atoms with Gasteiger partial charge in [0.1, 0.15) is 5.82 Å². The van der Waals surface area contributed by atoms with Gasteiger partial charge >= 0.3 is 6.18 Å². The van der Waals surface area contributed by atoms with Crippen LogP contribution in [0.15, 0.2) is 18.2 Å². The maximum absolute atomic E-state index is 12.9. The monoisotopic (exact) mass is 249 g/mol. The third kappa shape index (κ3) is 3.19. The summed E-state index contributed by atoms with van der Waals surface area (Å²) in [6.07, 6.45) is -4.60. The van der Waals surface area contributed by atoms with Crippen LogP contribution in [0.4, 0.5) is 17.6 Å². The Labute approximate surface area is 97.6 Å². The van der Waals surface area contributed by atoms with Crippen molar-refractivity contribution < 1.29 is 17.6 Å². The Kier molecular flexibility index (Phi) is 3.52. The molecular weight excluding hydrogens is 234 g/mol. The average molecular weight is 249 g/mol. The molecule has 17 heavy (non-hydrogen) atoms. The van der Waals surface area contributed by atoms with Crippen LogP contribution in [0.3, 0.4) is 0 Å². The van der Waals surface area contributed by atoms with Gasteiger partial charge in [0, 0.05) is 6.04 Å². The van der Waals surface area contributed by atoms with Gasteiger partial charge in [-0.3, -0.25) is 0 Å². The fraction of sp³-hybridized carbons (Fsp3) is 0.500. The van der Waals surface area contributed by atoms with Crippen LogP contribution < -0.4 is 5.73 Å². The zero-order valence-corrected chi connectivity index (χ0v) is 9.90. The molecule has 0 radical (unpaired) electrons. The van der Waals surface area contributed by atoms with Gasteiger partial charge in [0.2, 0.25) is 0 Å². The van der Waals surface area contributed by atoms with Crippen molar-refractivity contribution in [2.45, 2.75) is 33.0 Å². The second-order valence-electron chi connectivity index (χ2n) is 5.07. The number of nitrogens with two attached hydrogens (primary N) is 1. The van der Waals surface area contributed by atoms with E-state index in [2.05, 4.69) is 0 Å². The van der Waals surface area contributed by atoms with Gasteiger partial charge in [0.15, 0.2) is 0 Å². The molecule has 0 saturated heterocycles. The number of hydrogen-bond acceptors (Lipinski definition) is 1. The number of rotatable bonds is 1. The third-order valence-electron chi connectivity index (χ3n) is 2.59. The highest BCUT2D eigenvalue weighted by molar-refractivity contribution is 5.33. The Hall–Kier alpha value is -1.10. The molecule has 0 heterocycles. The van der Waals surface area contributed by atoms with Crippen LogP contribution in [0.2, 0.25) is 0 Å². The first kappa shape index (κ1) is 14.0. The SMILES string of the molecule is CC(C)(C)[C@H](N)c1ccc(F)cc1C(F)(F)F. The topological polar surface area (TPSA) is 26.0 Å². The van der Waals surface area contributed by atoms with Crippen molar-refractivity contribution in [3.63, 3.8) is 0 Å². The van der Waals surface area contributed by atoms with Crippen molar-refractivity contribution in [1.82, 2.24) is 0 Å². The van der Waals surface area contributed by atoms with Gasteiger partial charge in [0.25, 0.3) is 0 Å². The molecule has 1 aromatic carbocycles. The Morgan fingerprint density at radius 3 is 2.06 bits per heavy atom. The smallest absolute Gasteiger partial charge is 0.324 e. The lowest BCUT2D eigenvalue weighted by Crippen LogP contribution is -2.28. The summed E-state index contributed by atoms with van der Waals surface area (Å²) >= 11 is 0. The lowest BCUT2D eigenvalue weighted by atomic mass is 9.81. The molecule has 0 aliphatic heterocycles. The van der Waals surface area contributed by atoms with E-state index in [1.165, 1.54) is 0 Å². The molecule has 1 rings (SSSR count). The molecule has 0 aromatic heterocycles. The number of hydrogen-bond donors (Lipinski definition) is 1. The molecule has 1 atom stereocenters. The van der Waals surface area contributed by atoms with Crippen LogP contribution >= 0.6 is 0 Å². The van der Waals surface area contributed by atoms with E-state index in [1.807, 2.05) is 0 Å². The molecule has 0 amide bonds. The Bertz CT molecular complexity index is 404. The van der Waals surface area contributed by atoms with Gasteiger partial charge in [-0.1, -0.05) is 26.8 Å². The molecule has 2 N–H and O–H groups in total. The maximum atomic E-state index is 12.9. The first-order chi connectivity index (χ1) is 7.53. The third-order valence-corrected chi connectivity index (χ3v) is 2.59. The van der Waals surface area contributed by atoms with Crippen LogP contribution in [0.5, 0.6) is 0 Å². The van der Waals surface area contributed by atoms with Crippen molar-refractivity contribution in [3.05, 3.63) is 35.1 Å². The van der Waals surface area contributed by atoms with E-state index >= 15 is 0 Å². The van der Waals surface area contributed by atoms with Gasteiger partial charge in [-0.15, -0.1) is 0 Å². The zero-order valence-electron chi connectivity index (χ0n) is 9.90. The van der Waals surface area contributed by atoms with Gasteiger partial charge in [-0.2, -0.15) is 13.2 Å². The summed E-state index contributed by atoms with van der Waals surface area (Å²) in [4.78, 5) is 0. The zero-order chi connectivity index (χ0) is 13.4. The summed E-state index contributed by atoms with van der Waals surface area (Å²) < 4.78 is 51.2. The highest BCUT2D eigenvalue weighted by Crippen LogP contribution is 2.39. The van der Waals surface area contributed by atoms with E-state index in [1.54, 1.807) is 20.8 Å². The van der Waals surface area contributed by atoms with Crippen molar-refractivity contribution in [2.75, 3.05) is 0 Å². The summed E-state index contributed by atoms with van der Waals surface area (Å²) in [6, 6.07) is 1.78. The molecular formula is C12H15F4N. The molecule has 0 bridgehead atoms. The molecule has 0 spiro atoms. The van der Waals surface area contributed by atoms with Crippen LogP contribution in [-0.2, 0) is 6.18 Å². The largest absolute Gasteiger partial charge is 0.416 e. The van der Waals surface area contributed by atoms with Gasteiger partial charge in [-0.05, 0) is 23.1 Å². The predicted molar refractivity (Wildman–Crippen MR) is 57.8 cm³/mol. The number of halogens is 4. The molecule has 0 saturated carbocycles. The minimum Gasteiger partial charge on any atom is -0.324 e. The fourth-order valence-electron chi connectivity index (χ4n) is 1.51. The molecule has 96 valence electrons. The second-order valence-corrected chi connectivity index (χ2v) is 5.07. The molecule has 1 aromatic rings. The van der Waals surface area contributed by atoms with Crippen molar-refractivity contribution in [3.8, 4) is 0 Å². The van der Waals surface area contributed by atoms with E-state index in [-0.39, 0.29) is 5.56 Å². The summed E-state index contributed by atoms with van der Waals surface area (Å²) in [6.45, 7) is 5.21. The summed E-state index contributed by atoms with van der Waals surface area (Å²) in [5.41, 5.74) is 4.19. The van der Waals surface area contributed by atoms with Crippen LogP contribution in [0, 0.1) is 11.2 Å². The molecule has 0 unspecified atom stereocenters. The first-order valence-electron chi connectivity index (χ1n) is 5.15.